The SMILES string of the molecule is CN1CCN(C(=O)[n+]2cc([CH]c3cccc4ccccc34)n(CCc3cccs3)c2)CC1. The predicted octanol–water partition coefficient (Wildman–Crippen LogP) is 4.05. The topological polar surface area (TPSA) is 32.4 Å². The minimum atomic E-state index is 0.0561. The van der Waals surface area contributed by atoms with E-state index in [4.69, 9.17) is 0 Å². The Hall–Kier alpha value is -2.96. The summed E-state index contributed by atoms with van der Waals surface area (Å²) in [6.45, 7) is 4.21. The van der Waals surface area contributed by atoms with E-state index < -0.39 is 0 Å². The van der Waals surface area contributed by atoms with Crippen molar-refractivity contribution in [2.45, 2.75) is 13.0 Å². The van der Waals surface area contributed by atoms with Gasteiger partial charge in [-0.1, -0.05) is 48.5 Å². The molecule has 2 aromatic heterocycles. The summed E-state index contributed by atoms with van der Waals surface area (Å²) in [5, 5.41) is 4.56. The molecule has 0 saturated carbocycles. The molecule has 1 saturated heterocycles. The van der Waals surface area contributed by atoms with E-state index in [0.717, 1.165) is 50.4 Å². The number of hydrogen-bond donors (Lipinski definition) is 0. The highest BCUT2D eigenvalue weighted by molar-refractivity contribution is 7.09. The summed E-state index contributed by atoms with van der Waals surface area (Å²) in [7, 11) is 2.10. The van der Waals surface area contributed by atoms with E-state index in [-0.39, 0.29) is 6.03 Å². The fourth-order valence-corrected chi connectivity index (χ4v) is 4.96. The molecule has 3 heterocycles. The number of thiophene rings is 1. The van der Waals surface area contributed by atoms with Crippen LogP contribution in [0.5, 0.6) is 0 Å². The Balaban J connectivity index is 1.44. The van der Waals surface area contributed by atoms with E-state index in [1.807, 2.05) is 17.4 Å². The van der Waals surface area contributed by atoms with E-state index in [1.165, 1.54) is 15.6 Å². The molecule has 5 nitrogen and oxygen atoms in total. The maximum atomic E-state index is 13.2. The molecule has 0 aliphatic carbocycles. The quantitative estimate of drug-likeness (QED) is 0.435. The van der Waals surface area contributed by atoms with Crippen LogP contribution in [0.15, 0.2) is 72.5 Å². The molecule has 1 amide bonds. The van der Waals surface area contributed by atoms with E-state index in [0.29, 0.717) is 0 Å². The van der Waals surface area contributed by atoms with Crippen molar-refractivity contribution in [3.8, 4) is 0 Å². The predicted molar refractivity (Wildman–Crippen MR) is 129 cm³/mol. The van der Waals surface area contributed by atoms with Crippen molar-refractivity contribution in [3.05, 3.63) is 95.1 Å². The number of carbonyl (C=O) groups excluding carboxylic acids is 1. The highest BCUT2D eigenvalue weighted by Gasteiger charge is 2.27. The fourth-order valence-electron chi connectivity index (χ4n) is 4.26. The van der Waals surface area contributed by atoms with Crippen molar-refractivity contribution >= 4 is 28.1 Å². The first-order valence-electron chi connectivity index (χ1n) is 11.1. The lowest BCUT2D eigenvalue weighted by atomic mass is 10.0. The van der Waals surface area contributed by atoms with Crippen molar-refractivity contribution in [1.29, 1.82) is 0 Å². The van der Waals surface area contributed by atoms with Crippen LogP contribution in [0.4, 0.5) is 4.79 Å². The second kappa shape index (κ2) is 9.27. The average molecular weight is 445 g/mol. The van der Waals surface area contributed by atoms with Crippen molar-refractivity contribution in [2.24, 2.45) is 0 Å². The molecule has 4 aromatic rings. The number of hydrogen-bond acceptors (Lipinski definition) is 3. The maximum Gasteiger partial charge on any atom is 0.442 e. The van der Waals surface area contributed by atoms with Crippen LogP contribution >= 0.6 is 11.3 Å². The van der Waals surface area contributed by atoms with Gasteiger partial charge in [0.15, 0.2) is 6.33 Å². The van der Waals surface area contributed by atoms with Crippen molar-refractivity contribution < 1.29 is 9.36 Å². The number of amides is 1. The number of rotatable bonds is 5. The summed E-state index contributed by atoms with van der Waals surface area (Å²) in [6, 6.07) is 19.1. The molecule has 1 aliphatic rings. The first kappa shape index (κ1) is 20.9. The third kappa shape index (κ3) is 4.47. The number of carbonyl (C=O) groups is 1. The minimum absolute atomic E-state index is 0.0561. The number of likely N-dealkylation sites (N-methyl/N-ethyl adjacent to an activating group) is 1. The third-order valence-electron chi connectivity index (χ3n) is 6.17. The molecule has 0 bridgehead atoms. The molecule has 1 fully saturated rings. The second-order valence-electron chi connectivity index (χ2n) is 8.39. The lowest BCUT2D eigenvalue weighted by Gasteiger charge is -2.28. The van der Waals surface area contributed by atoms with Crippen LogP contribution in [0.25, 0.3) is 10.8 Å². The van der Waals surface area contributed by atoms with Gasteiger partial charge in [-0.15, -0.1) is 11.3 Å². The Morgan fingerprint density at radius 1 is 1.03 bits per heavy atom. The highest BCUT2D eigenvalue weighted by Crippen LogP contribution is 2.23. The number of aryl methyl sites for hydroxylation is 2. The number of imidazole rings is 1. The third-order valence-corrected chi connectivity index (χ3v) is 7.10. The first-order valence-corrected chi connectivity index (χ1v) is 12.0. The summed E-state index contributed by atoms with van der Waals surface area (Å²) >= 11 is 1.78. The summed E-state index contributed by atoms with van der Waals surface area (Å²) in [5.41, 5.74) is 2.21. The molecule has 5 rings (SSSR count). The van der Waals surface area contributed by atoms with Crippen molar-refractivity contribution in [3.63, 3.8) is 0 Å². The zero-order chi connectivity index (χ0) is 21.9. The van der Waals surface area contributed by atoms with Gasteiger partial charge in [0.2, 0.25) is 0 Å². The Labute approximate surface area is 193 Å². The van der Waals surface area contributed by atoms with Gasteiger partial charge in [0, 0.05) is 24.4 Å². The van der Waals surface area contributed by atoms with Crippen molar-refractivity contribution in [1.82, 2.24) is 14.4 Å². The van der Waals surface area contributed by atoms with Gasteiger partial charge in [0.05, 0.1) is 26.1 Å². The largest absolute Gasteiger partial charge is 0.442 e. The monoisotopic (exact) mass is 444 g/mol. The average Bonchev–Trinajstić information content (AvgIpc) is 3.48. The maximum absolute atomic E-state index is 13.2. The van der Waals surface area contributed by atoms with Gasteiger partial charge in [0.25, 0.3) is 0 Å². The fraction of sp³-hybridized carbons (Fsp3) is 0.269. The summed E-state index contributed by atoms with van der Waals surface area (Å²) in [4.78, 5) is 18.8. The first-order chi connectivity index (χ1) is 15.7. The molecule has 0 spiro atoms. The summed E-state index contributed by atoms with van der Waals surface area (Å²) in [5.74, 6) is 0. The molecule has 6 heteroatoms. The second-order valence-corrected chi connectivity index (χ2v) is 9.42. The lowest BCUT2D eigenvalue weighted by molar-refractivity contribution is -0.578. The van der Waals surface area contributed by atoms with Crippen LogP contribution in [-0.4, -0.2) is 53.6 Å². The smallest absolute Gasteiger partial charge is 0.300 e. The zero-order valence-electron chi connectivity index (χ0n) is 18.4. The molecular formula is C26H28N4OS+. The van der Waals surface area contributed by atoms with Crippen LogP contribution < -0.4 is 4.57 Å². The van der Waals surface area contributed by atoms with Gasteiger partial charge in [-0.05, 0) is 34.8 Å². The van der Waals surface area contributed by atoms with E-state index >= 15 is 0 Å². The number of benzene rings is 2. The zero-order valence-corrected chi connectivity index (χ0v) is 19.2. The van der Waals surface area contributed by atoms with Gasteiger partial charge < -0.3 is 4.90 Å². The van der Waals surface area contributed by atoms with Gasteiger partial charge in [-0.25, -0.2) is 4.79 Å². The summed E-state index contributed by atoms with van der Waals surface area (Å²) in [6.07, 6.45) is 7.10. The Morgan fingerprint density at radius 3 is 2.66 bits per heavy atom. The number of piperazine rings is 1. The number of nitrogens with zero attached hydrogens (tertiary/aromatic N) is 4. The van der Waals surface area contributed by atoms with Crippen LogP contribution in [0.1, 0.15) is 16.1 Å². The Kier molecular flexibility index (Phi) is 6.06. The van der Waals surface area contributed by atoms with Gasteiger partial charge in [0.1, 0.15) is 11.9 Å². The highest BCUT2D eigenvalue weighted by atomic mass is 32.1. The van der Waals surface area contributed by atoms with Crippen LogP contribution in [0.3, 0.4) is 0 Å². The van der Waals surface area contributed by atoms with Crippen LogP contribution in [0.2, 0.25) is 0 Å². The molecule has 1 aliphatic heterocycles. The Bertz CT molecular complexity index is 1200. The van der Waals surface area contributed by atoms with Gasteiger partial charge >= 0.3 is 6.03 Å². The standard InChI is InChI=1S/C26H28N4OS/c1-27-13-15-28(16-14-27)26(31)30-19-23(29(20-30)12-11-24-9-5-17-32-24)18-22-8-4-7-21-6-2-3-10-25(21)22/h2-10,17-20H,11-16H2,1H3/q+1. The molecule has 2 aromatic carbocycles. The van der Waals surface area contributed by atoms with Crippen LogP contribution in [-0.2, 0) is 13.0 Å². The normalized spacial score (nSPS) is 14.8. The van der Waals surface area contributed by atoms with Gasteiger partial charge in [-0.3, -0.25) is 9.47 Å². The molecule has 0 N–H and O–H groups in total. The molecule has 0 unspecified atom stereocenters. The van der Waals surface area contributed by atoms with Gasteiger partial charge in [-0.2, -0.15) is 4.57 Å². The van der Waals surface area contributed by atoms with E-state index in [2.05, 4.69) is 82.9 Å². The van der Waals surface area contributed by atoms with E-state index in [9.17, 15) is 4.79 Å². The minimum Gasteiger partial charge on any atom is -0.300 e. The molecule has 0 atom stereocenters. The molecule has 163 valence electrons. The molecular weight excluding hydrogens is 416 g/mol. The Morgan fingerprint density at radius 2 is 1.84 bits per heavy atom. The number of aromatic nitrogens is 2. The lowest BCUT2D eigenvalue weighted by Crippen LogP contribution is -2.56. The van der Waals surface area contributed by atoms with Crippen LogP contribution in [0, 0.1) is 6.42 Å². The summed E-state index contributed by atoms with van der Waals surface area (Å²) < 4.78 is 3.96. The van der Waals surface area contributed by atoms with Crippen molar-refractivity contribution in [2.75, 3.05) is 33.2 Å². The van der Waals surface area contributed by atoms with E-state index in [1.54, 1.807) is 15.9 Å². The molecule has 1 radical (unpaired) electrons. The number of fused-ring (bicyclic) bond motifs is 1. The molecule has 32 heavy (non-hydrogen) atoms.